The van der Waals surface area contributed by atoms with Crippen LogP contribution < -0.4 is 0 Å². The standard InChI is InChI=1S/C23H32O2/c1-8-15-9-11-16(12-10-15)20(24)17-13-18(22(2,3)4)21(25)19(14-17)23(5,6)7/h9-14,20,24-25H,8H2,1-7H3/t20-/m1/s1. The highest BCUT2D eigenvalue weighted by atomic mass is 16.3. The number of aromatic hydroxyl groups is 1. The quantitative estimate of drug-likeness (QED) is 0.760. The molecule has 2 nitrogen and oxygen atoms in total. The van der Waals surface area contributed by atoms with Crippen LogP contribution in [0.15, 0.2) is 36.4 Å². The Morgan fingerprint density at radius 2 is 1.24 bits per heavy atom. The molecule has 136 valence electrons. The highest BCUT2D eigenvalue weighted by Crippen LogP contribution is 2.41. The van der Waals surface area contributed by atoms with Gasteiger partial charge in [-0.3, -0.25) is 0 Å². The van der Waals surface area contributed by atoms with Crippen molar-refractivity contribution in [2.45, 2.75) is 71.8 Å². The van der Waals surface area contributed by atoms with Gasteiger partial charge in [0.05, 0.1) is 0 Å². The van der Waals surface area contributed by atoms with E-state index in [0.717, 1.165) is 28.7 Å². The van der Waals surface area contributed by atoms with Crippen molar-refractivity contribution >= 4 is 0 Å². The third kappa shape index (κ3) is 4.24. The van der Waals surface area contributed by atoms with E-state index in [2.05, 4.69) is 60.6 Å². The summed E-state index contributed by atoms with van der Waals surface area (Å²) in [6.45, 7) is 14.6. The topological polar surface area (TPSA) is 40.5 Å². The van der Waals surface area contributed by atoms with E-state index in [1.165, 1.54) is 5.56 Å². The average Bonchev–Trinajstić information content (AvgIpc) is 2.52. The molecule has 0 amide bonds. The number of hydrogen-bond donors (Lipinski definition) is 2. The molecule has 0 saturated carbocycles. The van der Waals surface area contributed by atoms with Gasteiger partial charge in [0.2, 0.25) is 0 Å². The van der Waals surface area contributed by atoms with Crippen LogP contribution >= 0.6 is 0 Å². The summed E-state index contributed by atoms with van der Waals surface area (Å²) in [5.41, 5.74) is 4.31. The summed E-state index contributed by atoms with van der Waals surface area (Å²) in [6, 6.07) is 12.0. The Morgan fingerprint density at radius 3 is 1.60 bits per heavy atom. The fourth-order valence-corrected chi connectivity index (χ4v) is 3.09. The van der Waals surface area contributed by atoms with Gasteiger partial charge < -0.3 is 10.2 Å². The zero-order valence-corrected chi connectivity index (χ0v) is 16.6. The molecule has 2 aromatic carbocycles. The Hall–Kier alpha value is -1.80. The second-order valence-electron chi connectivity index (χ2n) is 8.96. The average molecular weight is 341 g/mol. The van der Waals surface area contributed by atoms with E-state index in [4.69, 9.17) is 0 Å². The summed E-state index contributed by atoms with van der Waals surface area (Å²) in [6.07, 6.45) is 0.284. The Bertz CT molecular complexity index is 693. The molecule has 0 aliphatic rings. The molecule has 25 heavy (non-hydrogen) atoms. The van der Waals surface area contributed by atoms with Crippen LogP contribution in [0.4, 0.5) is 0 Å². The Balaban J connectivity index is 2.59. The molecule has 0 saturated heterocycles. The maximum Gasteiger partial charge on any atom is 0.123 e. The van der Waals surface area contributed by atoms with Gasteiger partial charge in [0, 0.05) is 0 Å². The van der Waals surface area contributed by atoms with Gasteiger partial charge in [0.15, 0.2) is 0 Å². The molecule has 0 bridgehead atoms. The van der Waals surface area contributed by atoms with Crippen LogP contribution in [0.2, 0.25) is 0 Å². The lowest BCUT2D eigenvalue weighted by Gasteiger charge is -2.29. The van der Waals surface area contributed by atoms with Gasteiger partial charge in [-0.2, -0.15) is 0 Å². The Kier molecular flexibility index (Phi) is 5.34. The summed E-state index contributed by atoms with van der Waals surface area (Å²) in [7, 11) is 0. The first-order valence-corrected chi connectivity index (χ1v) is 9.10. The molecule has 0 heterocycles. The second kappa shape index (κ2) is 6.84. The number of rotatable bonds is 3. The van der Waals surface area contributed by atoms with Crippen molar-refractivity contribution in [3.8, 4) is 5.75 Å². The number of aliphatic hydroxyl groups excluding tert-OH is 1. The van der Waals surface area contributed by atoms with Crippen LogP contribution in [0.3, 0.4) is 0 Å². The van der Waals surface area contributed by atoms with Gasteiger partial charge in [0.25, 0.3) is 0 Å². The maximum absolute atomic E-state index is 10.9. The van der Waals surface area contributed by atoms with Gasteiger partial charge in [-0.05, 0) is 57.2 Å². The van der Waals surface area contributed by atoms with Crippen molar-refractivity contribution in [1.29, 1.82) is 0 Å². The second-order valence-corrected chi connectivity index (χ2v) is 8.96. The van der Waals surface area contributed by atoms with Crippen molar-refractivity contribution in [3.63, 3.8) is 0 Å². The van der Waals surface area contributed by atoms with Crippen molar-refractivity contribution in [1.82, 2.24) is 0 Å². The highest BCUT2D eigenvalue weighted by Gasteiger charge is 2.28. The molecule has 0 radical (unpaired) electrons. The predicted octanol–water partition coefficient (Wildman–Crippen LogP) is 5.63. The first-order valence-electron chi connectivity index (χ1n) is 9.10. The number of phenols is 1. The third-order valence-corrected chi connectivity index (χ3v) is 4.77. The smallest absolute Gasteiger partial charge is 0.123 e. The molecule has 0 aromatic heterocycles. The largest absolute Gasteiger partial charge is 0.507 e. The van der Waals surface area contributed by atoms with Gasteiger partial charge in [0.1, 0.15) is 11.9 Å². The molecular formula is C23H32O2. The molecule has 2 N–H and O–H groups in total. The van der Waals surface area contributed by atoms with Gasteiger partial charge in [-0.15, -0.1) is 0 Å². The Morgan fingerprint density at radius 1 is 0.800 bits per heavy atom. The summed E-state index contributed by atoms with van der Waals surface area (Å²) >= 11 is 0. The number of benzene rings is 2. The fraction of sp³-hybridized carbons (Fsp3) is 0.478. The van der Waals surface area contributed by atoms with E-state index in [0.29, 0.717) is 5.75 Å². The lowest BCUT2D eigenvalue weighted by atomic mass is 9.77. The van der Waals surface area contributed by atoms with E-state index < -0.39 is 6.10 Å². The van der Waals surface area contributed by atoms with E-state index in [9.17, 15) is 10.2 Å². The normalized spacial score (nSPS) is 13.8. The van der Waals surface area contributed by atoms with E-state index in [-0.39, 0.29) is 10.8 Å². The zero-order chi connectivity index (χ0) is 19.0. The first-order chi connectivity index (χ1) is 11.4. The number of aliphatic hydroxyl groups is 1. The van der Waals surface area contributed by atoms with Crippen molar-refractivity contribution in [2.24, 2.45) is 0 Å². The van der Waals surface area contributed by atoms with Crippen LogP contribution in [0.1, 0.15) is 82.4 Å². The van der Waals surface area contributed by atoms with Crippen LogP contribution in [-0.4, -0.2) is 10.2 Å². The lowest BCUT2D eigenvalue weighted by molar-refractivity contribution is 0.219. The van der Waals surface area contributed by atoms with Crippen LogP contribution in [0.5, 0.6) is 5.75 Å². The maximum atomic E-state index is 10.9. The number of phenolic OH excluding ortho intramolecular Hbond substituents is 1. The molecule has 2 rings (SSSR count). The number of aryl methyl sites for hydroxylation is 1. The van der Waals surface area contributed by atoms with Crippen molar-refractivity contribution in [2.75, 3.05) is 0 Å². The zero-order valence-electron chi connectivity index (χ0n) is 16.6. The van der Waals surface area contributed by atoms with Gasteiger partial charge in [-0.1, -0.05) is 72.7 Å². The first kappa shape index (κ1) is 19.5. The minimum absolute atomic E-state index is 0.202. The van der Waals surface area contributed by atoms with Crippen molar-refractivity contribution < 1.29 is 10.2 Å². The molecule has 0 unspecified atom stereocenters. The van der Waals surface area contributed by atoms with Gasteiger partial charge >= 0.3 is 0 Å². The van der Waals surface area contributed by atoms with Crippen molar-refractivity contribution in [3.05, 3.63) is 64.2 Å². The molecule has 2 aromatic rings. The van der Waals surface area contributed by atoms with Crippen LogP contribution in [0.25, 0.3) is 0 Å². The monoisotopic (exact) mass is 340 g/mol. The summed E-state index contributed by atoms with van der Waals surface area (Å²) in [5.74, 6) is 0.345. The minimum Gasteiger partial charge on any atom is -0.507 e. The lowest BCUT2D eigenvalue weighted by Crippen LogP contribution is -2.18. The third-order valence-electron chi connectivity index (χ3n) is 4.77. The molecule has 2 heteroatoms. The summed E-state index contributed by atoms with van der Waals surface area (Å²) in [4.78, 5) is 0. The molecule has 0 spiro atoms. The highest BCUT2D eigenvalue weighted by molar-refractivity contribution is 5.51. The summed E-state index contributed by atoms with van der Waals surface area (Å²) < 4.78 is 0. The van der Waals surface area contributed by atoms with Gasteiger partial charge in [-0.25, -0.2) is 0 Å². The Labute approximate surface area is 152 Å². The SMILES string of the molecule is CCc1ccc([C@@H](O)c2cc(C(C)(C)C)c(O)c(C(C)(C)C)c2)cc1. The van der Waals surface area contributed by atoms with E-state index >= 15 is 0 Å². The molecule has 0 aliphatic carbocycles. The summed E-state index contributed by atoms with van der Waals surface area (Å²) in [5, 5.41) is 21.8. The molecule has 0 fully saturated rings. The molecule has 0 aliphatic heterocycles. The van der Waals surface area contributed by atoms with E-state index in [1.807, 2.05) is 24.3 Å². The van der Waals surface area contributed by atoms with E-state index in [1.54, 1.807) is 0 Å². The van der Waals surface area contributed by atoms with Crippen LogP contribution in [-0.2, 0) is 17.3 Å². The predicted molar refractivity (Wildman–Crippen MR) is 105 cm³/mol. The minimum atomic E-state index is -0.700. The number of hydrogen-bond acceptors (Lipinski definition) is 2. The molecule has 1 atom stereocenters. The fourth-order valence-electron chi connectivity index (χ4n) is 3.09. The molecular weight excluding hydrogens is 308 g/mol. The van der Waals surface area contributed by atoms with Crippen LogP contribution in [0, 0.1) is 0 Å².